The first kappa shape index (κ1) is 25.4. The maximum Gasteiger partial charge on any atom is 0.317 e. The Kier molecular flexibility index (Phi) is 5.24. The van der Waals surface area contributed by atoms with Crippen molar-refractivity contribution < 1.29 is 19.5 Å². The van der Waals surface area contributed by atoms with E-state index >= 15 is 0 Å². The quantitative estimate of drug-likeness (QED) is 0.444. The predicted molar refractivity (Wildman–Crippen MR) is 136 cm³/mol. The molecule has 5 aliphatic carbocycles. The Labute approximate surface area is 215 Å². The van der Waals surface area contributed by atoms with Gasteiger partial charge in [0.2, 0.25) is 0 Å². The Bertz CT molecular complexity index is 1180. The van der Waals surface area contributed by atoms with Gasteiger partial charge in [-0.25, -0.2) is 0 Å². The number of hydrogen-bond donors (Lipinski definition) is 1. The van der Waals surface area contributed by atoms with Gasteiger partial charge >= 0.3 is 5.97 Å². The minimum Gasteiger partial charge on any atom is -0.480 e. The van der Waals surface area contributed by atoms with E-state index in [1.165, 1.54) is 25.3 Å². The Morgan fingerprint density at radius 3 is 2.31 bits per heavy atom. The van der Waals surface area contributed by atoms with E-state index in [0.717, 1.165) is 12.8 Å². The van der Waals surface area contributed by atoms with Crippen molar-refractivity contribution >= 4 is 17.5 Å². The molecule has 3 fully saturated rings. The number of Topliss-reactive ketones (excluding diaryl/α,β-unsaturated/α-hetero) is 1. The summed E-state index contributed by atoms with van der Waals surface area (Å²) in [6.45, 7) is 15.2. The normalized spacial score (nSPS) is 52.0. The molecule has 5 aliphatic rings. The van der Waals surface area contributed by atoms with Crippen LogP contribution >= 0.6 is 0 Å². The van der Waals surface area contributed by atoms with Crippen LogP contribution in [0.2, 0.25) is 0 Å². The molecule has 0 heterocycles. The van der Waals surface area contributed by atoms with Gasteiger partial charge in [-0.2, -0.15) is 5.26 Å². The van der Waals surface area contributed by atoms with Crippen LogP contribution in [0.15, 0.2) is 23.3 Å². The number of nitriles is 1. The van der Waals surface area contributed by atoms with Crippen LogP contribution in [0.3, 0.4) is 0 Å². The van der Waals surface area contributed by atoms with Gasteiger partial charge in [-0.15, -0.1) is 0 Å². The molecular weight excluding hydrogens is 450 g/mol. The first-order valence-corrected chi connectivity index (χ1v) is 13.8. The number of hydrogen-bond acceptors (Lipinski definition) is 4. The molecule has 5 rings (SSSR count). The van der Waals surface area contributed by atoms with E-state index in [4.69, 9.17) is 0 Å². The highest BCUT2D eigenvalue weighted by atomic mass is 16.4. The third-order valence-electron chi connectivity index (χ3n) is 12.8. The molecule has 10 atom stereocenters. The van der Waals surface area contributed by atoms with Crippen molar-refractivity contribution in [1.82, 2.24) is 0 Å². The standard InChI is InChI=1S/C31H41NO4/c1-17-8-10-27(3)12-13-29(5)20(23(27)18(17)2)14-21(33)24-28(4)15-19(16-32)25(34)31(7,26(35)36)22(28)9-11-30(24,29)6/h14-15,17-18,22-24H,8-13H2,1-7H3,(H,35,36)/t17-,18+,22-,23+,24-,27-,28+,29-,30-,31-/m1/s1. The fourth-order valence-corrected chi connectivity index (χ4v) is 10.2. The number of carbonyl (C=O) groups excluding carboxylic acids is 2. The van der Waals surface area contributed by atoms with Crippen molar-refractivity contribution in [3.8, 4) is 6.07 Å². The summed E-state index contributed by atoms with van der Waals surface area (Å²) in [7, 11) is 0. The number of carbonyl (C=O) groups is 3. The fraction of sp³-hybridized carbons (Fsp3) is 0.742. The van der Waals surface area contributed by atoms with Crippen LogP contribution in [-0.2, 0) is 14.4 Å². The molecule has 5 nitrogen and oxygen atoms in total. The van der Waals surface area contributed by atoms with Gasteiger partial charge in [0.15, 0.2) is 11.6 Å². The van der Waals surface area contributed by atoms with Crippen molar-refractivity contribution in [1.29, 1.82) is 5.26 Å². The van der Waals surface area contributed by atoms with Crippen LogP contribution in [-0.4, -0.2) is 22.6 Å². The zero-order chi connectivity index (χ0) is 26.6. The summed E-state index contributed by atoms with van der Waals surface area (Å²) >= 11 is 0. The highest BCUT2D eigenvalue weighted by Crippen LogP contribution is 2.74. The van der Waals surface area contributed by atoms with E-state index < -0.39 is 34.4 Å². The highest BCUT2D eigenvalue weighted by Gasteiger charge is 2.71. The number of carboxylic acids is 1. The first-order valence-electron chi connectivity index (χ1n) is 13.8. The van der Waals surface area contributed by atoms with Crippen molar-refractivity contribution in [2.24, 2.45) is 56.7 Å². The highest BCUT2D eigenvalue weighted by molar-refractivity contribution is 6.15. The monoisotopic (exact) mass is 491 g/mol. The summed E-state index contributed by atoms with van der Waals surface area (Å²) < 4.78 is 0. The molecule has 0 amide bonds. The molecule has 0 aromatic rings. The lowest BCUT2D eigenvalue weighted by Gasteiger charge is -2.69. The molecule has 0 aromatic heterocycles. The second-order valence-electron chi connectivity index (χ2n) is 14.2. The second-order valence-corrected chi connectivity index (χ2v) is 14.2. The Morgan fingerprint density at radius 1 is 1.03 bits per heavy atom. The molecule has 36 heavy (non-hydrogen) atoms. The van der Waals surface area contributed by atoms with Crippen LogP contribution in [0, 0.1) is 68.0 Å². The van der Waals surface area contributed by atoms with Gasteiger partial charge in [-0.3, -0.25) is 14.4 Å². The zero-order valence-corrected chi connectivity index (χ0v) is 22.9. The van der Waals surface area contributed by atoms with E-state index in [2.05, 4.69) is 34.6 Å². The number of carboxylic acid groups (broad SMARTS) is 1. The van der Waals surface area contributed by atoms with Gasteiger partial charge in [0.25, 0.3) is 0 Å². The number of ketones is 2. The fourth-order valence-electron chi connectivity index (χ4n) is 10.2. The summed E-state index contributed by atoms with van der Waals surface area (Å²) in [5.74, 6) is -1.27. The van der Waals surface area contributed by atoms with Crippen LogP contribution in [0.25, 0.3) is 0 Å². The van der Waals surface area contributed by atoms with E-state index in [0.29, 0.717) is 30.6 Å². The van der Waals surface area contributed by atoms with Crippen molar-refractivity contribution in [3.63, 3.8) is 0 Å². The Hall–Kier alpha value is -2.22. The summed E-state index contributed by atoms with van der Waals surface area (Å²) in [4.78, 5) is 40.1. The Morgan fingerprint density at radius 2 is 1.69 bits per heavy atom. The summed E-state index contributed by atoms with van der Waals surface area (Å²) in [6.07, 6.45) is 9.46. The van der Waals surface area contributed by atoms with E-state index in [1.807, 2.05) is 19.1 Å². The SMILES string of the molecule is C[C@H]1[C@H](C)CC[C@]2(C)CC[C@]3(C)C(=CC(=O)[C@@H]4[C@@]5(C)C=C(C#N)C(=O)[C@](C)(C(=O)O)[C@@H]5CC[C@]43C)[C@H]12. The second kappa shape index (κ2) is 7.42. The van der Waals surface area contributed by atoms with Gasteiger partial charge in [-0.1, -0.05) is 53.2 Å². The molecule has 0 unspecified atom stereocenters. The van der Waals surface area contributed by atoms with Crippen LogP contribution < -0.4 is 0 Å². The van der Waals surface area contributed by atoms with Gasteiger partial charge in [0.05, 0.1) is 5.57 Å². The third-order valence-corrected chi connectivity index (χ3v) is 12.8. The average molecular weight is 492 g/mol. The lowest BCUT2D eigenvalue weighted by Crippen LogP contribution is -2.67. The molecule has 3 saturated carbocycles. The van der Waals surface area contributed by atoms with E-state index in [9.17, 15) is 24.8 Å². The molecule has 0 aromatic carbocycles. The van der Waals surface area contributed by atoms with Crippen molar-refractivity contribution in [2.75, 3.05) is 0 Å². The van der Waals surface area contributed by atoms with Crippen molar-refractivity contribution in [2.45, 2.75) is 87.0 Å². The molecule has 0 radical (unpaired) electrons. The molecule has 1 N–H and O–H groups in total. The first-order chi connectivity index (χ1) is 16.6. The minimum absolute atomic E-state index is 0.0579. The number of aliphatic carboxylic acids is 1. The summed E-state index contributed by atoms with van der Waals surface area (Å²) in [5, 5.41) is 20.1. The largest absolute Gasteiger partial charge is 0.480 e. The minimum atomic E-state index is -1.71. The van der Waals surface area contributed by atoms with Crippen molar-refractivity contribution in [3.05, 3.63) is 23.3 Å². The van der Waals surface area contributed by atoms with Gasteiger partial charge < -0.3 is 5.11 Å². The van der Waals surface area contributed by atoms with Gasteiger partial charge in [-0.05, 0) is 91.4 Å². The Balaban J connectivity index is 1.72. The topological polar surface area (TPSA) is 95.2 Å². The number of nitrogens with zero attached hydrogens (tertiary/aromatic N) is 1. The number of fused-ring (bicyclic) bond motifs is 7. The summed E-state index contributed by atoms with van der Waals surface area (Å²) in [6, 6.07) is 1.99. The third kappa shape index (κ3) is 2.74. The lowest BCUT2D eigenvalue weighted by molar-refractivity contribution is -0.182. The van der Waals surface area contributed by atoms with Crippen LogP contribution in [0.4, 0.5) is 0 Å². The average Bonchev–Trinajstić information content (AvgIpc) is 2.80. The van der Waals surface area contributed by atoms with E-state index in [-0.39, 0.29) is 27.6 Å². The molecule has 0 aliphatic heterocycles. The molecule has 5 heteroatoms. The molecule has 0 bridgehead atoms. The van der Waals surface area contributed by atoms with Crippen LogP contribution in [0.1, 0.15) is 87.0 Å². The molecular formula is C31H41NO4. The smallest absolute Gasteiger partial charge is 0.317 e. The lowest BCUT2D eigenvalue weighted by atomic mass is 9.33. The van der Waals surface area contributed by atoms with Gasteiger partial charge in [0, 0.05) is 11.3 Å². The maximum atomic E-state index is 14.3. The molecule has 0 spiro atoms. The molecule has 194 valence electrons. The number of allylic oxidation sites excluding steroid dienone is 4. The number of rotatable bonds is 1. The van der Waals surface area contributed by atoms with Gasteiger partial charge in [0.1, 0.15) is 11.5 Å². The van der Waals surface area contributed by atoms with Crippen LogP contribution in [0.5, 0.6) is 0 Å². The zero-order valence-electron chi connectivity index (χ0n) is 22.9. The predicted octanol–water partition coefficient (Wildman–Crippen LogP) is 6.15. The molecule has 0 saturated heterocycles. The maximum absolute atomic E-state index is 14.3. The van der Waals surface area contributed by atoms with E-state index in [1.54, 1.807) is 6.08 Å². The summed E-state index contributed by atoms with van der Waals surface area (Å²) in [5.41, 5.74) is -1.74.